The summed E-state index contributed by atoms with van der Waals surface area (Å²) in [6, 6.07) is 2.99. The van der Waals surface area contributed by atoms with Crippen LogP contribution in [-0.2, 0) is 12.7 Å². The van der Waals surface area contributed by atoms with E-state index in [1.165, 1.54) is 37.4 Å². The summed E-state index contributed by atoms with van der Waals surface area (Å²) in [6.45, 7) is 2.07. The van der Waals surface area contributed by atoms with Crippen molar-refractivity contribution in [3.63, 3.8) is 0 Å². The topological polar surface area (TPSA) is 165 Å². The number of hydrogen-bond acceptors (Lipinski definition) is 9. The van der Waals surface area contributed by atoms with Crippen LogP contribution in [0, 0.1) is 6.92 Å². The minimum atomic E-state index is -4.82. The number of carbonyl (C=O) groups excluding carboxylic acids is 2. The monoisotopic (exact) mass is 581 g/mol. The molecule has 0 fully saturated rings. The molecule has 0 bridgehead atoms. The molecule has 4 heterocycles. The van der Waals surface area contributed by atoms with E-state index in [4.69, 9.17) is 26.8 Å². The van der Waals surface area contributed by atoms with Crippen molar-refractivity contribution in [1.29, 1.82) is 0 Å². The lowest BCUT2D eigenvalue weighted by Crippen LogP contribution is -2.28. The highest BCUT2D eigenvalue weighted by molar-refractivity contribution is 6.32. The molecule has 40 heavy (non-hydrogen) atoms. The zero-order valence-electron chi connectivity index (χ0n) is 20.3. The van der Waals surface area contributed by atoms with Crippen LogP contribution in [0.15, 0.2) is 30.5 Å². The van der Waals surface area contributed by atoms with Gasteiger partial charge in [-0.3, -0.25) is 9.59 Å². The van der Waals surface area contributed by atoms with Gasteiger partial charge in [-0.1, -0.05) is 11.6 Å². The summed E-state index contributed by atoms with van der Waals surface area (Å²) < 4.78 is 64.2. The molecule has 1 aliphatic heterocycles. The summed E-state index contributed by atoms with van der Waals surface area (Å²) in [5, 5.41) is 16.5. The van der Waals surface area contributed by atoms with Crippen molar-refractivity contribution in [3.8, 4) is 17.3 Å². The van der Waals surface area contributed by atoms with Crippen LogP contribution in [0.25, 0.3) is 5.82 Å². The number of nitrogens with two attached hydrogens (primary N) is 1. The molecule has 0 aliphatic carbocycles. The number of nitrogens with zero attached hydrogens (tertiary/aromatic N) is 7. The number of rotatable bonds is 6. The zero-order valence-corrected chi connectivity index (χ0v) is 21.1. The van der Waals surface area contributed by atoms with Gasteiger partial charge in [-0.05, 0) is 42.0 Å². The summed E-state index contributed by atoms with van der Waals surface area (Å²) in [5.41, 5.74) is 5.18. The quantitative estimate of drug-likeness (QED) is 0.325. The average molecular weight is 582 g/mol. The highest BCUT2D eigenvalue weighted by Gasteiger charge is 2.41. The maximum Gasteiger partial charge on any atom is 0.455 e. The molecular formula is C22H16ClF4N9O4. The Kier molecular flexibility index (Phi) is 6.32. The van der Waals surface area contributed by atoms with Crippen LogP contribution in [0.5, 0.6) is 11.5 Å². The Labute approximate surface area is 225 Å². The van der Waals surface area contributed by atoms with Gasteiger partial charge in [-0.25, -0.2) is 9.67 Å². The molecule has 13 nitrogen and oxygen atoms in total. The number of primary amides is 1. The number of pyridine rings is 1. The molecule has 1 aromatic carbocycles. The van der Waals surface area contributed by atoms with Gasteiger partial charge in [0.05, 0.1) is 16.4 Å². The van der Waals surface area contributed by atoms with E-state index in [1.807, 2.05) is 0 Å². The second kappa shape index (κ2) is 9.44. The average Bonchev–Trinajstić information content (AvgIpc) is 3.56. The number of aryl methyl sites for hydroxylation is 1. The molecule has 3 aromatic heterocycles. The van der Waals surface area contributed by atoms with Crippen LogP contribution in [0.1, 0.15) is 44.9 Å². The molecule has 4 aromatic rings. The lowest BCUT2D eigenvalue weighted by atomic mass is 10.0. The number of halogens is 5. The van der Waals surface area contributed by atoms with Gasteiger partial charge in [0.15, 0.2) is 17.3 Å². The fourth-order valence-corrected chi connectivity index (χ4v) is 4.05. The lowest BCUT2D eigenvalue weighted by Gasteiger charge is -2.15. The van der Waals surface area contributed by atoms with E-state index in [-0.39, 0.29) is 50.5 Å². The number of nitrogens with one attached hydrogen (secondary N) is 1. The first kappa shape index (κ1) is 26.8. The van der Waals surface area contributed by atoms with E-state index in [2.05, 4.69) is 30.8 Å². The minimum Gasteiger partial charge on any atom is -0.423 e. The van der Waals surface area contributed by atoms with E-state index >= 15 is 0 Å². The molecule has 1 aliphatic rings. The van der Waals surface area contributed by atoms with E-state index in [9.17, 15) is 27.2 Å². The maximum absolute atomic E-state index is 14.4. The Hall–Kier alpha value is -4.80. The highest BCUT2D eigenvalue weighted by Crippen LogP contribution is 2.46. The molecule has 2 amide bonds. The van der Waals surface area contributed by atoms with Gasteiger partial charge in [-0.15, -0.1) is 10.2 Å². The Bertz CT molecular complexity index is 1670. The summed E-state index contributed by atoms with van der Waals surface area (Å²) in [5.74, 6) is -3.77. The third-order valence-corrected chi connectivity index (χ3v) is 5.74. The maximum atomic E-state index is 14.4. The number of carbonyl (C=O) groups is 2. The Morgan fingerprint density at radius 3 is 2.62 bits per heavy atom. The van der Waals surface area contributed by atoms with Crippen molar-refractivity contribution in [2.24, 2.45) is 5.73 Å². The number of aromatic nitrogens is 7. The smallest absolute Gasteiger partial charge is 0.423 e. The minimum absolute atomic E-state index is 0.00817. The molecule has 0 saturated heterocycles. The highest BCUT2D eigenvalue weighted by atomic mass is 35.5. The predicted molar refractivity (Wildman–Crippen MR) is 127 cm³/mol. The van der Waals surface area contributed by atoms with Crippen LogP contribution in [-0.4, -0.2) is 52.8 Å². The van der Waals surface area contributed by atoms with Gasteiger partial charge >= 0.3 is 12.2 Å². The Balaban J connectivity index is 1.55. The van der Waals surface area contributed by atoms with Crippen molar-refractivity contribution >= 4 is 29.1 Å². The summed E-state index contributed by atoms with van der Waals surface area (Å²) in [4.78, 5) is 30.6. The van der Waals surface area contributed by atoms with E-state index in [0.717, 1.165) is 11.6 Å². The number of fused-ring (bicyclic) bond motifs is 1. The molecule has 0 radical (unpaired) electrons. The number of alkyl halides is 4. The van der Waals surface area contributed by atoms with E-state index in [1.54, 1.807) is 0 Å². The van der Waals surface area contributed by atoms with Gasteiger partial charge in [-0.2, -0.15) is 27.5 Å². The van der Waals surface area contributed by atoms with E-state index in [0.29, 0.717) is 4.80 Å². The number of ether oxygens (including phenoxy) is 2. The standard InChI is InChI=1S/C22H16ClF4N9O4/c1-9-6-13-16(40-21(2,24)39-13)14(17(28)37)15(9)30-19(38)12-7-10(8-35-33-20(31-34-35)22(25,26)27)32-36(12)18-11(23)4-3-5-29-18/h3-7H,8H2,1-2H3,(H2,28,37)(H,30,38). The third-order valence-electron chi connectivity index (χ3n) is 5.45. The molecule has 18 heteroatoms. The van der Waals surface area contributed by atoms with Gasteiger partial charge in [0.2, 0.25) is 0 Å². The Morgan fingerprint density at radius 2 is 1.98 bits per heavy atom. The zero-order chi connectivity index (χ0) is 29.0. The SMILES string of the molecule is Cc1cc2c(c(C(N)=O)c1NC(=O)c1cc(Cn3nnc(C(F)(F)F)n3)nn1-c1ncccc1Cl)OC(C)(F)O2. The molecule has 0 spiro atoms. The summed E-state index contributed by atoms with van der Waals surface area (Å²) >= 11 is 6.25. The van der Waals surface area contributed by atoms with Gasteiger partial charge < -0.3 is 20.5 Å². The fourth-order valence-electron chi connectivity index (χ4n) is 3.85. The van der Waals surface area contributed by atoms with Crippen molar-refractivity contribution in [2.75, 3.05) is 5.32 Å². The first-order chi connectivity index (χ1) is 18.7. The number of hydrogen-bond donors (Lipinski definition) is 2. The molecular weight excluding hydrogens is 566 g/mol. The molecule has 5 rings (SSSR count). The largest absolute Gasteiger partial charge is 0.455 e. The number of benzene rings is 1. The van der Waals surface area contributed by atoms with Gasteiger partial charge in [0, 0.05) is 13.1 Å². The van der Waals surface area contributed by atoms with Crippen LogP contribution in [0.4, 0.5) is 23.2 Å². The van der Waals surface area contributed by atoms with Crippen LogP contribution in [0.2, 0.25) is 5.02 Å². The number of tetrazole rings is 1. The van der Waals surface area contributed by atoms with Gasteiger partial charge in [0.25, 0.3) is 17.6 Å². The van der Waals surface area contributed by atoms with Crippen molar-refractivity contribution in [3.05, 3.63) is 63.8 Å². The normalized spacial score (nSPS) is 16.3. The van der Waals surface area contributed by atoms with Crippen LogP contribution in [0.3, 0.4) is 0 Å². The van der Waals surface area contributed by atoms with Crippen molar-refractivity contribution in [2.45, 2.75) is 32.6 Å². The lowest BCUT2D eigenvalue weighted by molar-refractivity contribution is -0.173. The Morgan fingerprint density at radius 1 is 1.23 bits per heavy atom. The van der Waals surface area contributed by atoms with Crippen LogP contribution >= 0.6 is 11.6 Å². The number of amides is 2. The summed E-state index contributed by atoms with van der Waals surface area (Å²) in [7, 11) is 0. The van der Waals surface area contributed by atoms with Crippen molar-refractivity contribution in [1.82, 2.24) is 35.0 Å². The molecule has 1 unspecified atom stereocenters. The second-order valence-electron chi connectivity index (χ2n) is 8.51. The van der Waals surface area contributed by atoms with Crippen LogP contribution < -0.4 is 20.5 Å². The van der Waals surface area contributed by atoms with Gasteiger partial charge in [0.1, 0.15) is 17.8 Å². The van der Waals surface area contributed by atoms with E-state index < -0.39 is 36.4 Å². The predicted octanol–water partition coefficient (Wildman–Crippen LogP) is 3.05. The number of anilines is 1. The second-order valence-corrected chi connectivity index (χ2v) is 8.92. The first-order valence-electron chi connectivity index (χ1n) is 11.1. The summed E-state index contributed by atoms with van der Waals surface area (Å²) in [6.07, 6.45) is -3.44. The molecule has 1 atom stereocenters. The molecule has 0 saturated carbocycles. The fraction of sp³-hybridized carbons (Fsp3) is 0.227. The first-order valence-corrected chi connectivity index (χ1v) is 11.5. The third kappa shape index (κ3) is 4.97. The molecule has 3 N–H and O–H groups in total. The molecule has 208 valence electrons. The van der Waals surface area contributed by atoms with Crippen molar-refractivity contribution < 1.29 is 36.6 Å².